The predicted octanol–water partition coefficient (Wildman–Crippen LogP) is 2.05. The van der Waals surface area contributed by atoms with Gasteiger partial charge in [0.2, 0.25) is 0 Å². The highest BCUT2D eigenvalue weighted by Gasteiger charge is 2.36. The third-order valence-electron chi connectivity index (χ3n) is 4.07. The first-order valence-corrected chi connectivity index (χ1v) is 11.5. The Hall–Kier alpha value is -3.05. The molecule has 0 rings (SSSR count). The number of hydrogen-bond acceptors (Lipinski definition) is 11. The Morgan fingerprint density at radius 1 is 0.629 bits per heavy atom. The molecule has 0 aromatic rings. The highest BCUT2D eigenvalue weighted by molar-refractivity contribution is 7.47. The number of esters is 4. The van der Waals surface area contributed by atoms with E-state index < -0.39 is 55.7 Å². The standard InChI is InChI=1S/C22H31O12P/c1-7-17(23)29-11-21(5,12-30-18(24)8-2)15-33-35(27,28)34-16-22(6,13-31-19(25)9-3)14-32-20(26)10-4/h7-10H,1-4,11-16H2,5-6H3,(H,27,28). The lowest BCUT2D eigenvalue weighted by atomic mass is 9.94. The van der Waals surface area contributed by atoms with Gasteiger partial charge in [0.1, 0.15) is 26.4 Å². The van der Waals surface area contributed by atoms with Gasteiger partial charge in [0.05, 0.1) is 24.0 Å². The first kappa shape index (κ1) is 31.9. The topological polar surface area (TPSA) is 161 Å². The largest absolute Gasteiger partial charge is 0.472 e. The molecule has 0 fully saturated rings. The Balaban J connectivity index is 5.30. The number of hydrogen-bond donors (Lipinski definition) is 1. The molecule has 0 spiro atoms. The van der Waals surface area contributed by atoms with Gasteiger partial charge in [-0.1, -0.05) is 40.2 Å². The van der Waals surface area contributed by atoms with Gasteiger partial charge in [-0.2, -0.15) is 0 Å². The van der Waals surface area contributed by atoms with Gasteiger partial charge >= 0.3 is 31.7 Å². The van der Waals surface area contributed by atoms with Crippen LogP contribution in [0.2, 0.25) is 0 Å². The Labute approximate surface area is 203 Å². The number of ether oxygens (including phenoxy) is 4. The molecule has 0 bridgehead atoms. The average Bonchev–Trinajstić information content (AvgIpc) is 2.85. The summed E-state index contributed by atoms with van der Waals surface area (Å²) in [6, 6.07) is 0. The second-order valence-corrected chi connectivity index (χ2v) is 9.34. The van der Waals surface area contributed by atoms with Crippen molar-refractivity contribution in [1.29, 1.82) is 0 Å². The summed E-state index contributed by atoms with van der Waals surface area (Å²) in [5.74, 6) is -3.08. The molecule has 13 heteroatoms. The lowest BCUT2D eigenvalue weighted by molar-refractivity contribution is -0.149. The molecule has 0 aliphatic carbocycles. The zero-order chi connectivity index (χ0) is 27.1. The van der Waals surface area contributed by atoms with E-state index in [2.05, 4.69) is 26.3 Å². The van der Waals surface area contributed by atoms with E-state index in [1.165, 1.54) is 13.8 Å². The summed E-state index contributed by atoms with van der Waals surface area (Å²) in [5, 5.41) is 0. The van der Waals surface area contributed by atoms with Crippen LogP contribution < -0.4 is 0 Å². The van der Waals surface area contributed by atoms with Gasteiger partial charge in [-0.05, 0) is 0 Å². The van der Waals surface area contributed by atoms with Gasteiger partial charge in [-0.25, -0.2) is 23.7 Å². The minimum absolute atomic E-state index is 0.352. The second-order valence-electron chi connectivity index (χ2n) is 7.88. The molecule has 0 aromatic heterocycles. The van der Waals surface area contributed by atoms with Crippen molar-refractivity contribution in [3.05, 3.63) is 50.6 Å². The van der Waals surface area contributed by atoms with Crippen molar-refractivity contribution in [2.75, 3.05) is 39.6 Å². The zero-order valence-corrected chi connectivity index (χ0v) is 20.7. The van der Waals surface area contributed by atoms with E-state index in [0.29, 0.717) is 0 Å². The molecule has 0 heterocycles. The lowest BCUT2D eigenvalue weighted by Gasteiger charge is -2.30. The minimum Gasteiger partial charge on any atom is -0.462 e. The van der Waals surface area contributed by atoms with Crippen LogP contribution in [0.25, 0.3) is 0 Å². The van der Waals surface area contributed by atoms with E-state index in [4.69, 9.17) is 28.0 Å². The molecular formula is C22H31O12P. The Bertz CT molecular complexity index is 748. The number of carbonyl (C=O) groups excluding carboxylic acids is 4. The van der Waals surface area contributed by atoms with Gasteiger partial charge in [0.25, 0.3) is 0 Å². The van der Waals surface area contributed by atoms with Crippen LogP contribution in [0, 0.1) is 10.8 Å². The Kier molecular flexibility index (Phi) is 13.7. The summed E-state index contributed by atoms with van der Waals surface area (Å²) >= 11 is 0. The van der Waals surface area contributed by atoms with E-state index in [0.717, 1.165) is 24.3 Å². The molecule has 1 N–H and O–H groups in total. The quantitative estimate of drug-likeness (QED) is 0.122. The minimum atomic E-state index is -4.75. The molecule has 0 aliphatic rings. The molecule has 0 amide bonds. The van der Waals surface area contributed by atoms with E-state index in [-0.39, 0.29) is 26.4 Å². The summed E-state index contributed by atoms with van der Waals surface area (Å²) in [7, 11) is -4.75. The molecule has 0 unspecified atom stereocenters. The van der Waals surface area contributed by atoms with E-state index in [9.17, 15) is 28.6 Å². The van der Waals surface area contributed by atoms with Crippen LogP contribution in [0.1, 0.15) is 13.8 Å². The maximum atomic E-state index is 12.5. The third kappa shape index (κ3) is 14.1. The van der Waals surface area contributed by atoms with Crippen molar-refractivity contribution in [2.45, 2.75) is 13.8 Å². The molecule has 12 nitrogen and oxygen atoms in total. The predicted molar refractivity (Wildman–Crippen MR) is 123 cm³/mol. The molecule has 0 aromatic carbocycles. The Morgan fingerprint density at radius 3 is 1.06 bits per heavy atom. The van der Waals surface area contributed by atoms with Crippen molar-refractivity contribution >= 4 is 31.7 Å². The van der Waals surface area contributed by atoms with Crippen LogP contribution in [-0.2, 0) is 51.7 Å². The second kappa shape index (κ2) is 15.0. The smallest absolute Gasteiger partial charge is 0.462 e. The fourth-order valence-electron chi connectivity index (χ4n) is 1.98. The number of carbonyl (C=O) groups is 4. The maximum Gasteiger partial charge on any atom is 0.472 e. The highest BCUT2D eigenvalue weighted by Crippen LogP contribution is 2.46. The van der Waals surface area contributed by atoms with Crippen molar-refractivity contribution < 1.29 is 56.6 Å². The molecule has 0 aliphatic heterocycles. The zero-order valence-electron chi connectivity index (χ0n) is 19.8. The fraction of sp³-hybridized carbons (Fsp3) is 0.455. The molecule has 35 heavy (non-hydrogen) atoms. The van der Waals surface area contributed by atoms with Gasteiger partial charge < -0.3 is 23.8 Å². The van der Waals surface area contributed by atoms with Crippen LogP contribution in [0.4, 0.5) is 0 Å². The number of rotatable bonds is 18. The van der Waals surface area contributed by atoms with E-state index in [1.54, 1.807) is 0 Å². The summed E-state index contributed by atoms with van der Waals surface area (Å²) < 4.78 is 42.4. The molecule has 0 radical (unpaired) electrons. The third-order valence-corrected chi connectivity index (χ3v) is 4.98. The molecular weight excluding hydrogens is 487 g/mol. The normalized spacial score (nSPS) is 11.5. The van der Waals surface area contributed by atoms with Crippen LogP contribution in [0.3, 0.4) is 0 Å². The van der Waals surface area contributed by atoms with Crippen LogP contribution in [-0.4, -0.2) is 68.4 Å². The first-order valence-electron chi connectivity index (χ1n) is 10.0. The van der Waals surface area contributed by atoms with Crippen molar-refractivity contribution in [2.24, 2.45) is 10.8 Å². The van der Waals surface area contributed by atoms with Crippen LogP contribution >= 0.6 is 7.82 Å². The average molecular weight is 518 g/mol. The number of phosphoric acid groups is 1. The van der Waals surface area contributed by atoms with Crippen molar-refractivity contribution in [3.63, 3.8) is 0 Å². The van der Waals surface area contributed by atoms with Crippen molar-refractivity contribution in [3.8, 4) is 0 Å². The summed E-state index contributed by atoms with van der Waals surface area (Å²) in [4.78, 5) is 55.8. The molecule has 0 atom stereocenters. The van der Waals surface area contributed by atoms with Crippen LogP contribution in [0.15, 0.2) is 50.6 Å². The summed E-state index contributed by atoms with van der Waals surface area (Å²) in [6.07, 6.45) is 3.65. The van der Waals surface area contributed by atoms with Gasteiger partial charge in [0, 0.05) is 24.3 Å². The maximum absolute atomic E-state index is 12.5. The molecule has 0 saturated heterocycles. The Morgan fingerprint density at radius 2 is 0.857 bits per heavy atom. The molecule has 196 valence electrons. The summed E-state index contributed by atoms with van der Waals surface area (Å²) in [5.41, 5.74) is -2.50. The monoisotopic (exact) mass is 518 g/mol. The highest BCUT2D eigenvalue weighted by atomic mass is 31.2. The fourth-order valence-corrected chi connectivity index (χ4v) is 3.00. The molecule has 0 saturated carbocycles. The van der Waals surface area contributed by atoms with Gasteiger partial charge in [0.15, 0.2) is 0 Å². The number of phosphoric ester groups is 1. The lowest BCUT2D eigenvalue weighted by Crippen LogP contribution is -2.36. The van der Waals surface area contributed by atoms with Gasteiger partial charge in [-0.15, -0.1) is 0 Å². The SMILES string of the molecule is C=CC(=O)OCC(C)(COC(=O)C=C)COP(=O)(O)OCC(C)(COC(=O)C=C)COC(=O)C=C. The van der Waals surface area contributed by atoms with Crippen molar-refractivity contribution in [1.82, 2.24) is 0 Å². The van der Waals surface area contributed by atoms with Gasteiger partial charge in [-0.3, -0.25) is 9.05 Å². The van der Waals surface area contributed by atoms with E-state index >= 15 is 0 Å². The van der Waals surface area contributed by atoms with E-state index in [1.807, 2.05) is 0 Å². The summed E-state index contributed by atoms with van der Waals surface area (Å²) in [6.45, 7) is 13.5. The first-order chi connectivity index (χ1) is 16.2. The van der Waals surface area contributed by atoms with Crippen LogP contribution in [0.5, 0.6) is 0 Å².